The Bertz CT molecular complexity index is 534. The van der Waals surface area contributed by atoms with Gasteiger partial charge in [-0.2, -0.15) is 0 Å². The molecule has 6 heteroatoms. The lowest BCUT2D eigenvalue weighted by Gasteiger charge is -2.13. The first-order valence-corrected chi connectivity index (χ1v) is 6.71. The van der Waals surface area contributed by atoms with E-state index in [4.69, 9.17) is 4.74 Å². The average molecular weight is 292 g/mol. The van der Waals surface area contributed by atoms with Crippen molar-refractivity contribution in [2.75, 3.05) is 6.54 Å². The van der Waals surface area contributed by atoms with Crippen LogP contribution in [0.3, 0.4) is 0 Å². The highest BCUT2D eigenvalue weighted by atomic mass is 16.5. The van der Waals surface area contributed by atoms with Crippen molar-refractivity contribution in [2.45, 2.75) is 33.8 Å². The van der Waals surface area contributed by atoms with E-state index >= 15 is 0 Å². The number of esters is 1. The normalized spacial score (nSPS) is 11.4. The van der Waals surface area contributed by atoms with E-state index < -0.39 is 24.0 Å². The summed E-state index contributed by atoms with van der Waals surface area (Å²) in [5, 5.41) is 4.51. The van der Waals surface area contributed by atoms with E-state index in [-0.39, 0.29) is 0 Å². The third-order valence-corrected chi connectivity index (χ3v) is 2.68. The monoisotopic (exact) mass is 292 g/mol. The number of carbonyl (C=O) groups excluding carboxylic acids is 3. The largest absolute Gasteiger partial charge is 0.449 e. The number of hydrogen-bond donors (Lipinski definition) is 2. The molecule has 0 radical (unpaired) electrons. The highest BCUT2D eigenvalue weighted by Gasteiger charge is 2.20. The van der Waals surface area contributed by atoms with Crippen molar-refractivity contribution in [3.05, 3.63) is 34.9 Å². The third-order valence-electron chi connectivity index (χ3n) is 2.68. The maximum absolute atomic E-state index is 12.0. The van der Waals surface area contributed by atoms with Gasteiger partial charge in [-0.15, -0.1) is 0 Å². The van der Waals surface area contributed by atoms with E-state index in [0.29, 0.717) is 12.1 Å². The Morgan fingerprint density at radius 2 is 1.71 bits per heavy atom. The van der Waals surface area contributed by atoms with Gasteiger partial charge in [-0.25, -0.2) is 9.59 Å². The Morgan fingerprint density at radius 1 is 1.14 bits per heavy atom. The molecule has 0 aliphatic heterocycles. The molecule has 1 rings (SSSR count). The van der Waals surface area contributed by atoms with E-state index in [1.807, 2.05) is 19.9 Å². The van der Waals surface area contributed by atoms with Crippen molar-refractivity contribution in [3.63, 3.8) is 0 Å². The van der Waals surface area contributed by atoms with Crippen molar-refractivity contribution >= 4 is 17.9 Å². The van der Waals surface area contributed by atoms with Crippen LogP contribution in [0.2, 0.25) is 0 Å². The Hall–Kier alpha value is -2.37. The summed E-state index contributed by atoms with van der Waals surface area (Å²) in [6, 6.07) is 4.69. The molecule has 0 saturated heterocycles. The van der Waals surface area contributed by atoms with Gasteiger partial charge in [-0.3, -0.25) is 10.1 Å². The molecular formula is C15H20N2O4. The summed E-state index contributed by atoms with van der Waals surface area (Å²) in [6.45, 7) is 7.28. The number of ether oxygens (including phenoxy) is 1. The molecular weight excluding hydrogens is 272 g/mol. The number of benzene rings is 1. The first kappa shape index (κ1) is 16.7. The molecule has 0 bridgehead atoms. The Kier molecular flexibility index (Phi) is 5.90. The molecule has 0 aromatic heterocycles. The third kappa shape index (κ3) is 5.25. The molecule has 2 N–H and O–H groups in total. The number of amides is 3. The minimum Gasteiger partial charge on any atom is -0.449 e. The summed E-state index contributed by atoms with van der Waals surface area (Å²) in [5.74, 6) is -1.26. The van der Waals surface area contributed by atoms with Crippen LogP contribution in [0.5, 0.6) is 0 Å². The molecule has 0 heterocycles. The van der Waals surface area contributed by atoms with Crippen LogP contribution >= 0.6 is 0 Å². The lowest BCUT2D eigenvalue weighted by Crippen LogP contribution is -2.44. The topological polar surface area (TPSA) is 84.5 Å². The zero-order chi connectivity index (χ0) is 16.0. The molecule has 0 unspecified atom stereocenters. The van der Waals surface area contributed by atoms with Gasteiger partial charge in [0.15, 0.2) is 6.10 Å². The summed E-state index contributed by atoms with van der Waals surface area (Å²) in [5.41, 5.74) is 2.24. The predicted molar refractivity (Wildman–Crippen MR) is 78.0 cm³/mol. The van der Waals surface area contributed by atoms with Crippen molar-refractivity contribution in [3.8, 4) is 0 Å². The highest BCUT2D eigenvalue weighted by molar-refractivity contribution is 5.98. The van der Waals surface area contributed by atoms with Gasteiger partial charge in [0.05, 0.1) is 5.56 Å². The first-order valence-electron chi connectivity index (χ1n) is 6.71. The molecule has 0 aliphatic rings. The van der Waals surface area contributed by atoms with Crippen molar-refractivity contribution < 1.29 is 19.1 Å². The second-order valence-electron chi connectivity index (χ2n) is 4.77. The van der Waals surface area contributed by atoms with Gasteiger partial charge < -0.3 is 10.1 Å². The van der Waals surface area contributed by atoms with Crippen LogP contribution in [0.1, 0.15) is 35.3 Å². The Morgan fingerprint density at radius 3 is 2.24 bits per heavy atom. The van der Waals surface area contributed by atoms with Crippen LogP contribution in [-0.2, 0) is 9.53 Å². The van der Waals surface area contributed by atoms with Crippen molar-refractivity contribution in [1.82, 2.24) is 10.6 Å². The molecule has 0 saturated carbocycles. The minimum absolute atomic E-state index is 0.380. The van der Waals surface area contributed by atoms with Crippen molar-refractivity contribution in [2.24, 2.45) is 0 Å². The maximum atomic E-state index is 12.0. The Labute approximate surface area is 123 Å². The minimum atomic E-state index is -1.05. The van der Waals surface area contributed by atoms with E-state index in [0.717, 1.165) is 11.1 Å². The van der Waals surface area contributed by atoms with Crippen LogP contribution < -0.4 is 10.6 Å². The van der Waals surface area contributed by atoms with Gasteiger partial charge in [0.2, 0.25) is 0 Å². The summed E-state index contributed by atoms with van der Waals surface area (Å²) < 4.78 is 5.06. The van der Waals surface area contributed by atoms with Crippen LogP contribution in [-0.4, -0.2) is 30.6 Å². The molecule has 114 valence electrons. The summed E-state index contributed by atoms with van der Waals surface area (Å²) in [6.07, 6.45) is -1.05. The molecule has 1 atom stereocenters. The van der Waals surface area contributed by atoms with Gasteiger partial charge in [0, 0.05) is 6.54 Å². The standard InChI is InChI=1S/C15H20N2O4/c1-5-16-15(20)17-13(18)11(4)21-14(19)12-7-9(2)6-10(3)8-12/h6-8,11H,5H2,1-4H3,(H2,16,17,18,20)/t11-/m1/s1. The number of hydrogen-bond acceptors (Lipinski definition) is 4. The quantitative estimate of drug-likeness (QED) is 0.827. The molecule has 6 nitrogen and oxygen atoms in total. The number of imide groups is 1. The molecule has 3 amide bonds. The fourth-order valence-corrected chi connectivity index (χ4v) is 1.79. The number of aryl methyl sites for hydroxylation is 2. The summed E-state index contributed by atoms with van der Waals surface area (Å²) in [4.78, 5) is 34.9. The molecule has 21 heavy (non-hydrogen) atoms. The zero-order valence-electron chi connectivity index (χ0n) is 12.6. The lowest BCUT2D eigenvalue weighted by molar-refractivity contribution is -0.127. The van der Waals surface area contributed by atoms with E-state index in [1.54, 1.807) is 19.1 Å². The van der Waals surface area contributed by atoms with Gasteiger partial charge >= 0.3 is 12.0 Å². The maximum Gasteiger partial charge on any atom is 0.338 e. The zero-order valence-corrected chi connectivity index (χ0v) is 12.6. The number of carbonyl (C=O) groups is 3. The average Bonchev–Trinajstić information content (AvgIpc) is 2.37. The SMILES string of the molecule is CCNC(=O)NC(=O)[C@@H](C)OC(=O)c1cc(C)cc(C)c1. The van der Waals surface area contributed by atoms with E-state index in [9.17, 15) is 14.4 Å². The summed E-state index contributed by atoms with van der Waals surface area (Å²) >= 11 is 0. The lowest BCUT2D eigenvalue weighted by atomic mass is 10.1. The van der Waals surface area contributed by atoms with Crippen LogP contribution in [0, 0.1) is 13.8 Å². The predicted octanol–water partition coefficient (Wildman–Crippen LogP) is 1.69. The van der Waals surface area contributed by atoms with Crippen LogP contribution in [0.25, 0.3) is 0 Å². The molecule has 1 aromatic rings. The molecule has 1 aromatic carbocycles. The highest BCUT2D eigenvalue weighted by Crippen LogP contribution is 2.11. The van der Waals surface area contributed by atoms with Gasteiger partial charge in [0.25, 0.3) is 5.91 Å². The van der Waals surface area contributed by atoms with Crippen LogP contribution in [0.4, 0.5) is 4.79 Å². The Balaban J connectivity index is 2.65. The molecule has 0 spiro atoms. The van der Waals surface area contributed by atoms with Crippen LogP contribution in [0.15, 0.2) is 18.2 Å². The molecule has 0 aliphatic carbocycles. The second kappa shape index (κ2) is 7.42. The summed E-state index contributed by atoms with van der Waals surface area (Å²) in [7, 11) is 0. The van der Waals surface area contributed by atoms with Gasteiger partial charge in [0.1, 0.15) is 0 Å². The number of rotatable bonds is 4. The van der Waals surface area contributed by atoms with E-state index in [2.05, 4.69) is 10.6 Å². The van der Waals surface area contributed by atoms with Gasteiger partial charge in [-0.05, 0) is 39.8 Å². The van der Waals surface area contributed by atoms with Gasteiger partial charge in [-0.1, -0.05) is 17.2 Å². The second-order valence-corrected chi connectivity index (χ2v) is 4.77. The molecule has 0 fully saturated rings. The number of nitrogens with one attached hydrogen (secondary N) is 2. The van der Waals surface area contributed by atoms with Crippen molar-refractivity contribution in [1.29, 1.82) is 0 Å². The fourth-order valence-electron chi connectivity index (χ4n) is 1.79. The fraction of sp³-hybridized carbons (Fsp3) is 0.400. The smallest absolute Gasteiger partial charge is 0.338 e. The van der Waals surface area contributed by atoms with E-state index in [1.165, 1.54) is 6.92 Å². The first-order chi connectivity index (χ1) is 9.83. The number of urea groups is 1.